The molecule has 5 atom stereocenters. The summed E-state index contributed by atoms with van der Waals surface area (Å²) < 4.78 is 0. The van der Waals surface area contributed by atoms with Crippen LogP contribution in [0.5, 0.6) is 0 Å². The minimum atomic E-state index is -0.126. The summed E-state index contributed by atoms with van der Waals surface area (Å²) in [5.41, 5.74) is 2.88. The fraction of sp³-hybridized carbons (Fsp3) is 0.667. The molecule has 1 aromatic rings. The number of aliphatic hydroxyl groups is 1. The van der Waals surface area contributed by atoms with Gasteiger partial charge >= 0.3 is 0 Å². The molecule has 0 aliphatic heterocycles. The zero-order valence-corrected chi connectivity index (χ0v) is 12.2. The van der Waals surface area contributed by atoms with Crippen molar-refractivity contribution in [2.24, 2.45) is 17.8 Å². The van der Waals surface area contributed by atoms with Gasteiger partial charge in [0.05, 0.1) is 6.10 Å². The zero-order chi connectivity index (χ0) is 13.4. The van der Waals surface area contributed by atoms with Gasteiger partial charge in [0.1, 0.15) is 0 Å². The number of fused-ring (bicyclic) bond motifs is 1. The quantitative estimate of drug-likeness (QED) is 0.845. The first kappa shape index (κ1) is 13.2. The van der Waals surface area contributed by atoms with Crippen molar-refractivity contribution in [1.29, 1.82) is 0 Å². The van der Waals surface area contributed by atoms with Crippen molar-refractivity contribution in [3.8, 4) is 0 Å². The van der Waals surface area contributed by atoms with Crippen LogP contribution in [0.15, 0.2) is 24.3 Å². The maximum Gasteiger partial charge on any atom is 0.0637 e. The summed E-state index contributed by atoms with van der Waals surface area (Å²) >= 11 is 0. The van der Waals surface area contributed by atoms with Crippen molar-refractivity contribution in [2.45, 2.75) is 58.0 Å². The van der Waals surface area contributed by atoms with Crippen molar-refractivity contribution in [2.75, 3.05) is 0 Å². The van der Waals surface area contributed by atoms with Gasteiger partial charge in [0.2, 0.25) is 0 Å². The van der Waals surface area contributed by atoms with E-state index in [1.165, 1.54) is 30.4 Å². The van der Waals surface area contributed by atoms with Gasteiger partial charge in [0, 0.05) is 5.92 Å². The fourth-order valence-electron chi connectivity index (χ4n) is 4.17. The van der Waals surface area contributed by atoms with Crippen LogP contribution in [-0.2, 0) is 6.42 Å². The molecule has 1 heteroatoms. The number of benzene rings is 1. The van der Waals surface area contributed by atoms with Gasteiger partial charge in [-0.2, -0.15) is 0 Å². The summed E-state index contributed by atoms with van der Waals surface area (Å²) in [5, 5.41) is 10.8. The summed E-state index contributed by atoms with van der Waals surface area (Å²) in [5.74, 6) is 2.51. The Kier molecular flexibility index (Phi) is 3.66. The standard InChI is InChI=1S/C18H26O/c1-12-7-8-15(11-13(12)2)18(19)17-10-9-14-5-3-4-6-16(14)17/h3-6,12-13,15,17-19H,7-11H2,1-2H3. The predicted octanol–water partition coefficient (Wildman–Crippen LogP) is 4.15. The Labute approximate surface area is 117 Å². The van der Waals surface area contributed by atoms with Gasteiger partial charge in [-0.15, -0.1) is 0 Å². The van der Waals surface area contributed by atoms with E-state index in [4.69, 9.17) is 0 Å². The number of hydrogen-bond acceptors (Lipinski definition) is 1. The number of rotatable bonds is 2. The molecule has 19 heavy (non-hydrogen) atoms. The van der Waals surface area contributed by atoms with Crippen molar-refractivity contribution >= 4 is 0 Å². The SMILES string of the molecule is CC1CCC(C(O)C2CCc3ccccc32)CC1C. The first-order chi connectivity index (χ1) is 9.16. The van der Waals surface area contributed by atoms with Gasteiger partial charge in [0.15, 0.2) is 0 Å². The molecule has 5 unspecified atom stereocenters. The van der Waals surface area contributed by atoms with E-state index in [1.807, 2.05) is 0 Å². The highest BCUT2D eigenvalue weighted by Crippen LogP contribution is 2.43. The molecule has 2 aliphatic carbocycles. The molecule has 0 spiro atoms. The minimum Gasteiger partial charge on any atom is -0.392 e. The second kappa shape index (κ2) is 5.28. The normalized spacial score (nSPS) is 35.9. The van der Waals surface area contributed by atoms with Crippen molar-refractivity contribution in [1.82, 2.24) is 0 Å². The zero-order valence-electron chi connectivity index (χ0n) is 12.2. The second-order valence-electron chi connectivity index (χ2n) is 6.86. The topological polar surface area (TPSA) is 20.2 Å². The number of aryl methyl sites for hydroxylation is 1. The van der Waals surface area contributed by atoms with Crippen molar-refractivity contribution in [3.05, 3.63) is 35.4 Å². The second-order valence-corrected chi connectivity index (χ2v) is 6.86. The van der Waals surface area contributed by atoms with E-state index < -0.39 is 0 Å². The van der Waals surface area contributed by atoms with Crippen LogP contribution in [0, 0.1) is 17.8 Å². The van der Waals surface area contributed by atoms with Gasteiger partial charge in [0.25, 0.3) is 0 Å². The lowest BCUT2D eigenvalue weighted by atomic mass is 9.71. The summed E-state index contributed by atoms with van der Waals surface area (Å²) in [6.07, 6.45) is 5.87. The molecule has 3 rings (SSSR count). The average Bonchev–Trinajstić information content (AvgIpc) is 2.85. The average molecular weight is 258 g/mol. The van der Waals surface area contributed by atoms with Crippen LogP contribution < -0.4 is 0 Å². The van der Waals surface area contributed by atoms with Crippen LogP contribution in [0.25, 0.3) is 0 Å². The van der Waals surface area contributed by atoms with Crippen molar-refractivity contribution < 1.29 is 5.11 Å². The molecule has 1 fully saturated rings. The van der Waals surface area contributed by atoms with Crippen LogP contribution in [0.2, 0.25) is 0 Å². The van der Waals surface area contributed by atoms with Gasteiger partial charge in [-0.25, -0.2) is 0 Å². The Morgan fingerprint density at radius 3 is 2.63 bits per heavy atom. The van der Waals surface area contributed by atoms with E-state index in [9.17, 15) is 5.11 Å². The van der Waals surface area contributed by atoms with Crippen LogP contribution in [-0.4, -0.2) is 11.2 Å². The molecular formula is C18H26O. The Balaban J connectivity index is 1.73. The molecule has 1 aromatic carbocycles. The van der Waals surface area contributed by atoms with Gasteiger partial charge in [-0.05, 0) is 54.6 Å². The molecule has 1 nitrogen and oxygen atoms in total. The summed E-state index contributed by atoms with van der Waals surface area (Å²) in [4.78, 5) is 0. The third kappa shape index (κ3) is 2.45. The highest BCUT2D eigenvalue weighted by atomic mass is 16.3. The van der Waals surface area contributed by atoms with E-state index >= 15 is 0 Å². The van der Waals surface area contributed by atoms with Gasteiger partial charge in [-0.1, -0.05) is 44.5 Å². The van der Waals surface area contributed by atoms with E-state index in [0.717, 1.165) is 24.7 Å². The van der Waals surface area contributed by atoms with Gasteiger partial charge < -0.3 is 5.11 Å². The first-order valence-corrected chi connectivity index (χ1v) is 7.92. The van der Waals surface area contributed by atoms with E-state index in [-0.39, 0.29) is 6.10 Å². The van der Waals surface area contributed by atoms with Crippen LogP contribution in [0.3, 0.4) is 0 Å². The Morgan fingerprint density at radius 2 is 1.84 bits per heavy atom. The fourth-order valence-corrected chi connectivity index (χ4v) is 4.17. The summed E-state index contributed by atoms with van der Waals surface area (Å²) in [6, 6.07) is 8.70. The highest BCUT2D eigenvalue weighted by Gasteiger charge is 2.36. The molecule has 1 saturated carbocycles. The molecule has 0 radical (unpaired) electrons. The molecule has 2 aliphatic rings. The lowest BCUT2D eigenvalue weighted by Gasteiger charge is -2.37. The van der Waals surface area contributed by atoms with Gasteiger partial charge in [-0.3, -0.25) is 0 Å². The highest BCUT2D eigenvalue weighted by molar-refractivity contribution is 5.35. The molecular weight excluding hydrogens is 232 g/mol. The Morgan fingerprint density at radius 1 is 1.05 bits per heavy atom. The lowest BCUT2D eigenvalue weighted by molar-refractivity contribution is 0.0371. The van der Waals surface area contributed by atoms with Crippen molar-refractivity contribution in [3.63, 3.8) is 0 Å². The van der Waals surface area contributed by atoms with E-state index in [2.05, 4.69) is 38.1 Å². The van der Waals surface area contributed by atoms with E-state index in [0.29, 0.717) is 11.8 Å². The maximum absolute atomic E-state index is 10.8. The first-order valence-electron chi connectivity index (χ1n) is 7.92. The lowest BCUT2D eigenvalue weighted by Crippen LogP contribution is -2.32. The molecule has 0 saturated heterocycles. The van der Waals surface area contributed by atoms with Crippen LogP contribution in [0.1, 0.15) is 56.6 Å². The smallest absolute Gasteiger partial charge is 0.0637 e. The number of aliphatic hydroxyl groups excluding tert-OH is 1. The Bertz CT molecular complexity index is 439. The summed E-state index contributed by atoms with van der Waals surface area (Å²) in [6.45, 7) is 4.71. The van der Waals surface area contributed by atoms with Crippen LogP contribution >= 0.6 is 0 Å². The van der Waals surface area contributed by atoms with E-state index in [1.54, 1.807) is 0 Å². The third-order valence-corrected chi connectivity index (χ3v) is 5.71. The monoisotopic (exact) mass is 258 g/mol. The molecule has 0 amide bonds. The molecule has 1 N–H and O–H groups in total. The predicted molar refractivity (Wildman–Crippen MR) is 79.2 cm³/mol. The molecule has 0 aromatic heterocycles. The summed E-state index contributed by atoms with van der Waals surface area (Å²) in [7, 11) is 0. The Hall–Kier alpha value is -0.820. The third-order valence-electron chi connectivity index (χ3n) is 5.71. The van der Waals surface area contributed by atoms with Crippen LogP contribution in [0.4, 0.5) is 0 Å². The number of hydrogen-bond donors (Lipinski definition) is 1. The minimum absolute atomic E-state index is 0.126. The molecule has 104 valence electrons. The molecule has 0 heterocycles. The largest absolute Gasteiger partial charge is 0.392 e. The maximum atomic E-state index is 10.8. The molecule has 0 bridgehead atoms.